The quantitative estimate of drug-likeness (QED) is 0.479. The number of nitrogens with one attached hydrogen (secondary N) is 2. The Bertz CT molecular complexity index is 1450. The van der Waals surface area contributed by atoms with Crippen molar-refractivity contribution in [2.24, 2.45) is 5.92 Å². The molecule has 1 aliphatic rings. The van der Waals surface area contributed by atoms with Crippen molar-refractivity contribution in [3.05, 3.63) is 72.1 Å². The second-order valence-electron chi connectivity index (χ2n) is 8.72. The van der Waals surface area contributed by atoms with Gasteiger partial charge in [0, 0.05) is 36.7 Å². The van der Waals surface area contributed by atoms with Gasteiger partial charge in [0.25, 0.3) is 15.9 Å². The number of benzene rings is 2. The molecule has 10 nitrogen and oxygen atoms in total. The maximum Gasteiger partial charge on any atom is 0.264 e. The largest absolute Gasteiger partial charge is 0.322 e. The third kappa shape index (κ3) is 5.72. The molecule has 0 saturated carbocycles. The molecule has 1 amide bonds. The van der Waals surface area contributed by atoms with Crippen LogP contribution in [0.2, 0.25) is 0 Å². The summed E-state index contributed by atoms with van der Waals surface area (Å²) in [5, 5.41) is 2.70. The second kappa shape index (κ2) is 10.3. The molecule has 0 spiro atoms. The first kappa shape index (κ1) is 25.7. The number of piperidine rings is 1. The van der Waals surface area contributed by atoms with Crippen LogP contribution in [-0.4, -0.2) is 50.1 Å². The number of nitrogens with zero attached hydrogens (tertiary/aromatic N) is 3. The van der Waals surface area contributed by atoms with Crippen LogP contribution in [0.3, 0.4) is 0 Å². The first-order chi connectivity index (χ1) is 17.1. The summed E-state index contributed by atoms with van der Waals surface area (Å²) in [7, 11) is -7.62. The van der Waals surface area contributed by atoms with Gasteiger partial charge < -0.3 is 5.32 Å². The van der Waals surface area contributed by atoms with E-state index in [4.69, 9.17) is 0 Å². The standard InChI is InChI=1S/C24H27N5O5S2/c1-17-10-14-29(15-11-17)36(33,34)21-7-4-18(2)22(16-21)23(30)27-19-5-8-20(9-6-19)35(31,32)28-24-25-12-3-13-26-24/h3-9,12-13,16-17H,10-11,14-15H2,1-2H3,(H,27,30)(H,25,26,28). The Morgan fingerprint density at radius 1 is 0.944 bits per heavy atom. The highest BCUT2D eigenvalue weighted by atomic mass is 32.2. The third-order valence-corrected chi connectivity index (χ3v) is 9.29. The zero-order valence-corrected chi connectivity index (χ0v) is 21.5. The molecule has 2 heterocycles. The van der Waals surface area contributed by atoms with E-state index in [1.54, 1.807) is 19.1 Å². The molecule has 3 aromatic rings. The number of amides is 1. The molecule has 0 atom stereocenters. The van der Waals surface area contributed by atoms with Crippen LogP contribution in [0.15, 0.2) is 70.7 Å². The normalized spacial score (nSPS) is 15.4. The third-order valence-electron chi connectivity index (χ3n) is 6.05. The topological polar surface area (TPSA) is 138 Å². The first-order valence-electron chi connectivity index (χ1n) is 11.4. The summed E-state index contributed by atoms with van der Waals surface area (Å²) < 4.78 is 55.1. The average Bonchev–Trinajstić information content (AvgIpc) is 2.85. The number of hydrogen-bond acceptors (Lipinski definition) is 7. The van der Waals surface area contributed by atoms with Crippen molar-refractivity contribution in [2.75, 3.05) is 23.1 Å². The van der Waals surface area contributed by atoms with Crippen LogP contribution in [0, 0.1) is 12.8 Å². The summed E-state index contributed by atoms with van der Waals surface area (Å²) in [5.74, 6) is -0.0675. The number of anilines is 2. The van der Waals surface area contributed by atoms with E-state index in [-0.39, 0.29) is 21.3 Å². The number of hydrogen-bond donors (Lipinski definition) is 2. The Kier molecular flexibility index (Phi) is 7.38. The van der Waals surface area contributed by atoms with Gasteiger partial charge in [0.2, 0.25) is 16.0 Å². The SMILES string of the molecule is Cc1ccc(S(=O)(=O)N2CCC(C)CC2)cc1C(=O)Nc1ccc(S(=O)(=O)Nc2ncccn2)cc1. The molecule has 0 aliphatic carbocycles. The lowest BCUT2D eigenvalue weighted by Crippen LogP contribution is -2.38. The molecule has 0 bridgehead atoms. The van der Waals surface area contributed by atoms with Gasteiger partial charge in [-0.3, -0.25) is 4.79 Å². The lowest BCUT2D eigenvalue weighted by Gasteiger charge is -2.29. The lowest BCUT2D eigenvalue weighted by molar-refractivity contribution is 0.102. The summed E-state index contributed by atoms with van der Waals surface area (Å²) in [5.41, 5.74) is 1.19. The molecule has 1 aliphatic heterocycles. The number of aromatic nitrogens is 2. The maximum atomic E-state index is 13.1. The fourth-order valence-electron chi connectivity index (χ4n) is 3.83. The molecule has 0 unspecified atom stereocenters. The van der Waals surface area contributed by atoms with Crippen molar-refractivity contribution in [1.82, 2.24) is 14.3 Å². The van der Waals surface area contributed by atoms with Gasteiger partial charge in [-0.05, 0) is 73.7 Å². The molecule has 2 N–H and O–H groups in total. The minimum absolute atomic E-state index is 0.0342. The van der Waals surface area contributed by atoms with E-state index in [1.807, 2.05) is 0 Å². The highest BCUT2D eigenvalue weighted by Crippen LogP contribution is 2.25. The van der Waals surface area contributed by atoms with Gasteiger partial charge in [-0.15, -0.1) is 0 Å². The van der Waals surface area contributed by atoms with Crippen molar-refractivity contribution in [3.63, 3.8) is 0 Å². The highest BCUT2D eigenvalue weighted by Gasteiger charge is 2.29. The molecule has 36 heavy (non-hydrogen) atoms. The summed E-state index contributed by atoms with van der Waals surface area (Å²) in [4.78, 5) is 20.7. The van der Waals surface area contributed by atoms with Crippen molar-refractivity contribution in [1.29, 1.82) is 0 Å². The number of carbonyl (C=O) groups is 1. The van der Waals surface area contributed by atoms with Crippen LogP contribution in [0.5, 0.6) is 0 Å². The van der Waals surface area contributed by atoms with E-state index in [1.165, 1.54) is 53.1 Å². The minimum atomic E-state index is -3.91. The molecule has 0 radical (unpaired) electrons. The molecule has 4 rings (SSSR count). The van der Waals surface area contributed by atoms with Crippen LogP contribution in [0.4, 0.5) is 11.6 Å². The van der Waals surface area contributed by atoms with Crippen LogP contribution >= 0.6 is 0 Å². The molecule has 12 heteroatoms. The average molecular weight is 530 g/mol. The van der Waals surface area contributed by atoms with Crippen LogP contribution < -0.4 is 10.0 Å². The predicted octanol–water partition coefficient (Wildman–Crippen LogP) is 3.26. The Morgan fingerprint density at radius 3 is 2.19 bits per heavy atom. The van der Waals surface area contributed by atoms with Gasteiger partial charge in [0.05, 0.1) is 9.79 Å². The van der Waals surface area contributed by atoms with Crippen LogP contribution in [-0.2, 0) is 20.0 Å². The summed E-state index contributed by atoms with van der Waals surface area (Å²) >= 11 is 0. The fourth-order valence-corrected chi connectivity index (χ4v) is 6.28. The van der Waals surface area contributed by atoms with E-state index < -0.39 is 26.0 Å². The molecule has 1 saturated heterocycles. The second-order valence-corrected chi connectivity index (χ2v) is 12.3. The van der Waals surface area contributed by atoms with E-state index in [2.05, 4.69) is 26.9 Å². The number of sulfonamides is 2. The highest BCUT2D eigenvalue weighted by molar-refractivity contribution is 7.92. The van der Waals surface area contributed by atoms with Crippen molar-refractivity contribution in [2.45, 2.75) is 36.5 Å². The van der Waals surface area contributed by atoms with Crippen molar-refractivity contribution >= 4 is 37.6 Å². The minimum Gasteiger partial charge on any atom is -0.322 e. The van der Waals surface area contributed by atoms with E-state index in [0.29, 0.717) is 30.3 Å². The lowest BCUT2D eigenvalue weighted by atomic mass is 10.0. The number of carbonyl (C=O) groups excluding carboxylic acids is 1. The number of aryl methyl sites for hydroxylation is 1. The Balaban J connectivity index is 1.49. The van der Waals surface area contributed by atoms with Gasteiger partial charge in [-0.1, -0.05) is 13.0 Å². The Labute approximate surface area is 210 Å². The molecule has 2 aromatic carbocycles. The monoisotopic (exact) mass is 529 g/mol. The molecular formula is C24H27N5O5S2. The van der Waals surface area contributed by atoms with Crippen LogP contribution in [0.25, 0.3) is 0 Å². The van der Waals surface area contributed by atoms with Gasteiger partial charge in [-0.2, -0.15) is 4.31 Å². The molecule has 190 valence electrons. The molecule has 1 fully saturated rings. The van der Waals surface area contributed by atoms with E-state index >= 15 is 0 Å². The Hall–Kier alpha value is -3.35. The van der Waals surface area contributed by atoms with Crippen LogP contribution in [0.1, 0.15) is 35.7 Å². The van der Waals surface area contributed by atoms with Crippen molar-refractivity contribution in [3.8, 4) is 0 Å². The summed E-state index contributed by atoms with van der Waals surface area (Å²) in [6.07, 6.45) is 4.44. The van der Waals surface area contributed by atoms with Gasteiger partial charge in [0.1, 0.15) is 0 Å². The van der Waals surface area contributed by atoms with Gasteiger partial charge in [-0.25, -0.2) is 31.5 Å². The van der Waals surface area contributed by atoms with Crippen molar-refractivity contribution < 1.29 is 21.6 Å². The van der Waals surface area contributed by atoms with E-state index in [9.17, 15) is 21.6 Å². The maximum absolute atomic E-state index is 13.1. The number of rotatable bonds is 7. The van der Waals surface area contributed by atoms with Gasteiger partial charge in [0.15, 0.2) is 0 Å². The summed E-state index contributed by atoms with van der Waals surface area (Å²) in [6.45, 7) is 4.74. The first-order valence-corrected chi connectivity index (χ1v) is 14.3. The van der Waals surface area contributed by atoms with E-state index in [0.717, 1.165) is 12.8 Å². The summed E-state index contributed by atoms with van der Waals surface area (Å²) in [6, 6.07) is 11.7. The molecule has 1 aromatic heterocycles. The fraction of sp³-hybridized carbons (Fsp3) is 0.292. The Morgan fingerprint density at radius 2 is 1.56 bits per heavy atom. The predicted molar refractivity (Wildman–Crippen MR) is 136 cm³/mol. The molecular weight excluding hydrogens is 502 g/mol. The smallest absolute Gasteiger partial charge is 0.264 e. The van der Waals surface area contributed by atoms with Gasteiger partial charge >= 0.3 is 0 Å². The zero-order valence-electron chi connectivity index (χ0n) is 19.9. The zero-order chi connectivity index (χ0) is 25.9.